The number of carbonyl (C=O) groups excluding carboxylic acids is 1. The molecule has 2 rings (SSSR count). The summed E-state index contributed by atoms with van der Waals surface area (Å²) in [7, 11) is 3.60. The van der Waals surface area contributed by atoms with Crippen LogP contribution in [0, 0.1) is 18.3 Å². The molecule has 1 aromatic rings. The van der Waals surface area contributed by atoms with E-state index in [1.54, 1.807) is 6.08 Å². The zero-order valence-corrected chi connectivity index (χ0v) is 16.3. The molecular weight excluding hydrogens is 328 g/mol. The summed E-state index contributed by atoms with van der Waals surface area (Å²) in [5.41, 5.74) is 5.18. The number of methoxy groups -OCH3 is 1. The highest BCUT2D eigenvalue weighted by Crippen LogP contribution is 2.39. The fourth-order valence-electron chi connectivity index (χ4n) is 3.06. The fraction of sp³-hybridized carbons (Fsp3) is 0.429. The van der Waals surface area contributed by atoms with Gasteiger partial charge >= 0.3 is 5.97 Å². The van der Waals surface area contributed by atoms with Crippen LogP contribution in [0.2, 0.25) is 0 Å². The van der Waals surface area contributed by atoms with Crippen LogP contribution >= 0.6 is 0 Å². The lowest BCUT2D eigenvalue weighted by Crippen LogP contribution is -2.42. The fourth-order valence-corrected chi connectivity index (χ4v) is 3.06. The second-order valence-electron chi connectivity index (χ2n) is 7.06. The number of allylic oxidation sites excluding steroid dienone is 1. The molecule has 0 spiro atoms. The SMILES string of the molecule is COCCOC(=O)/C(C#N)=C\c1cc2c(cc1C)N(C)C(C)(C)C=C2C. The summed E-state index contributed by atoms with van der Waals surface area (Å²) in [5, 5.41) is 9.34. The number of aryl methyl sites for hydroxylation is 1. The molecule has 1 aromatic carbocycles. The lowest BCUT2D eigenvalue weighted by molar-refractivity contribution is -0.139. The molecule has 0 atom stereocenters. The Morgan fingerprint density at radius 2 is 2.00 bits per heavy atom. The summed E-state index contributed by atoms with van der Waals surface area (Å²) in [6.45, 7) is 8.83. The van der Waals surface area contributed by atoms with Crippen molar-refractivity contribution in [3.05, 3.63) is 40.5 Å². The molecule has 5 nitrogen and oxygen atoms in total. The largest absolute Gasteiger partial charge is 0.459 e. The second-order valence-corrected chi connectivity index (χ2v) is 7.06. The minimum Gasteiger partial charge on any atom is -0.459 e. The van der Waals surface area contributed by atoms with Crippen molar-refractivity contribution in [1.82, 2.24) is 0 Å². The first-order chi connectivity index (χ1) is 12.2. The standard InChI is InChI=1S/C21H26N2O3/c1-14-9-19-18(15(2)12-21(3,4)23(19)5)11-16(14)10-17(13-22)20(24)26-8-7-25-6/h9-12H,7-8H2,1-6H3/b17-10-. The Hall–Kier alpha value is -2.58. The van der Waals surface area contributed by atoms with Crippen molar-refractivity contribution >= 4 is 23.3 Å². The lowest BCUT2D eigenvalue weighted by Gasteiger charge is -2.41. The van der Waals surface area contributed by atoms with Crippen LogP contribution in [0.1, 0.15) is 37.5 Å². The van der Waals surface area contributed by atoms with Gasteiger partial charge in [0.1, 0.15) is 18.2 Å². The Balaban J connectivity index is 2.42. The van der Waals surface area contributed by atoms with Crippen LogP contribution in [0.3, 0.4) is 0 Å². The molecule has 1 aliphatic heterocycles. The van der Waals surface area contributed by atoms with E-state index in [-0.39, 0.29) is 17.7 Å². The van der Waals surface area contributed by atoms with Crippen LogP contribution in [0.15, 0.2) is 23.8 Å². The van der Waals surface area contributed by atoms with Crippen molar-refractivity contribution in [2.75, 3.05) is 32.3 Å². The van der Waals surface area contributed by atoms with Crippen LogP contribution in [0.4, 0.5) is 5.69 Å². The molecule has 138 valence electrons. The van der Waals surface area contributed by atoms with Gasteiger partial charge < -0.3 is 14.4 Å². The molecule has 1 aliphatic rings. The van der Waals surface area contributed by atoms with E-state index in [0.29, 0.717) is 6.61 Å². The third-order valence-corrected chi connectivity index (χ3v) is 4.77. The number of carbonyl (C=O) groups is 1. The second kappa shape index (κ2) is 7.76. The predicted molar refractivity (Wildman–Crippen MR) is 104 cm³/mol. The van der Waals surface area contributed by atoms with Gasteiger partial charge in [-0.2, -0.15) is 5.26 Å². The number of fused-ring (bicyclic) bond motifs is 1. The predicted octanol–water partition coefficient (Wildman–Crippen LogP) is 3.72. The Labute approximate surface area is 155 Å². The molecular formula is C21H26N2O3. The number of rotatable bonds is 5. The van der Waals surface area contributed by atoms with Gasteiger partial charge in [-0.15, -0.1) is 0 Å². The number of nitrogens with zero attached hydrogens (tertiary/aromatic N) is 2. The Morgan fingerprint density at radius 3 is 2.62 bits per heavy atom. The van der Waals surface area contributed by atoms with Gasteiger partial charge in [0.05, 0.1) is 12.1 Å². The zero-order chi connectivity index (χ0) is 19.5. The van der Waals surface area contributed by atoms with Crippen LogP contribution in [0.5, 0.6) is 0 Å². The third kappa shape index (κ3) is 3.97. The molecule has 0 bridgehead atoms. The highest BCUT2D eigenvalue weighted by Gasteiger charge is 2.28. The first-order valence-electron chi connectivity index (χ1n) is 8.57. The topological polar surface area (TPSA) is 62.6 Å². The van der Waals surface area contributed by atoms with E-state index in [0.717, 1.165) is 22.4 Å². The number of ether oxygens (including phenoxy) is 2. The average molecular weight is 354 g/mol. The quantitative estimate of drug-likeness (QED) is 0.349. The minimum absolute atomic E-state index is 0.0183. The summed E-state index contributed by atoms with van der Waals surface area (Å²) in [6, 6.07) is 6.07. The Kier molecular flexibility index (Phi) is 5.89. The number of benzene rings is 1. The number of nitriles is 1. The van der Waals surface area contributed by atoms with Crippen LogP contribution in [-0.2, 0) is 14.3 Å². The zero-order valence-electron chi connectivity index (χ0n) is 16.3. The van der Waals surface area contributed by atoms with Gasteiger partial charge in [-0.25, -0.2) is 4.79 Å². The van der Waals surface area contributed by atoms with Crippen LogP contribution in [0.25, 0.3) is 11.6 Å². The molecule has 0 fully saturated rings. The summed E-state index contributed by atoms with van der Waals surface area (Å²) in [5.74, 6) is -0.632. The van der Waals surface area contributed by atoms with Gasteiger partial charge in [-0.05, 0) is 62.6 Å². The molecule has 0 radical (unpaired) electrons. The molecule has 0 aliphatic carbocycles. The molecule has 0 amide bonds. The molecule has 0 saturated heterocycles. The van der Waals surface area contributed by atoms with E-state index in [2.05, 4.69) is 44.9 Å². The monoisotopic (exact) mass is 354 g/mol. The van der Waals surface area contributed by atoms with E-state index < -0.39 is 5.97 Å². The first kappa shape index (κ1) is 19.7. The van der Waals surface area contributed by atoms with Gasteiger partial charge in [0.15, 0.2) is 0 Å². The van der Waals surface area contributed by atoms with E-state index in [1.165, 1.54) is 12.7 Å². The lowest BCUT2D eigenvalue weighted by atomic mass is 9.87. The van der Waals surface area contributed by atoms with Gasteiger partial charge in [-0.3, -0.25) is 0 Å². The van der Waals surface area contributed by atoms with Crippen LogP contribution in [-0.4, -0.2) is 38.9 Å². The normalized spacial score (nSPS) is 15.8. The van der Waals surface area contributed by atoms with Crippen molar-refractivity contribution < 1.29 is 14.3 Å². The van der Waals surface area contributed by atoms with E-state index in [9.17, 15) is 10.1 Å². The average Bonchev–Trinajstić information content (AvgIpc) is 2.58. The maximum atomic E-state index is 12.1. The van der Waals surface area contributed by atoms with Gasteiger partial charge in [-0.1, -0.05) is 6.08 Å². The maximum Gasteiger partial charge on any atom is 0.348 e. The van der Waals surface area contributed by atoms with Crippen molar-refractivity contribution in [3.63, 3.8) is 0 Å². The van der Waals surface area contributed by atoms with Crippen LogP contribution < -0.4 is 4.90 Å². The minimum atomic E-state index is -0.632. The van der Waals surface area contributed by atoms with E-state index in [4.69, 9.17) is 9.47 Å². The number of esters is 1. The molecule has 0 aromatic heterocycles. The first-order valence-corrected chi connectivity index (χ1v) is 8.57. The smallest absolute Gasteiger partial charge is 0.348 e. The molecule has 0 N–H and O–H groups in total. The molecule has 0 saturated carbocycles. The summed E-state index contributed by atoms with van der Waals surface area (Å²) in [4.78, 5) is 14.3. The van der Waals surface area contributed by atoms with Crippen molar-refractivity contribution in [3.8, 4) is 6.07 Å². The highest BCUT2D eigenvalue weighted by atomic mass is 16.6. The summed E-state index contributed by atoms with van der Waals surface area (Å²) < 4.78 is 9.90. The van der Waals surface area contributed by atoms with Gasteiger partial charge in [0, 0.05) is 25.4 Å². The number of anilines is 1. The summed E-state index contributed by atoms with van der Waals surface area (Å²) >= 11 is 0. The third-order valence-electron chi connectivity index (χ3n) is 4.77. The Bertz CT molecular complexity index is 813. The van der Waals surface area contributed by atoms with Gasteiger partial charge in [0.2, 0.25) is 0 Å². The Morgan fingerprint density at radius 1 is 1.31 bits per heavy atom. The number of hydrogen-bond acceptors (Lipinski definition) is 5. The van der Waals surface area contributed by atoms with Crippen molar-refractivity contribution in [2.45, 2.75) is 33.2 Å². The molecule has 26 heavy (non-hydrogen) atoms. The van der Waals surface area contributed by atoms with Crippen molar-refractivity contribution in [2.24, 2.45) is 0 Å². The van der Waals surface area contributed by atoms with Crippen molar-refractivity contribution in [1.29, 1.82) is 5.26 Å². The molecule has 5 heteroatoms. The molecule has 0 unspecified atom stereocenters. The highest BCUT2D eigenvalue weighted by molar-refractivity contribution is 5.98. The maximum absolute atomic E-state index is 12.1. The van der Waals surface area contributed by atoms with E-state index >= 15 is 0 Å². The number of hydrogen-bond donors (Lipinski definition) is 0. The summed E-state index contributed by atoms with van der Waals surface area (Å²) in [6.07, 6.45) is 3.82. The molecule has 1 heterocycles. The van der Waals surface area contributed by atoms with Gasteiger partial charge in [0.25, 0.3) is 0 Å². The van der Waals surface area contributed by atoms with E-state index in [1.807, 2.05) is 19.1 Å². The number of likely N-dealkylation sites (N-methyl/N-ethyl adjacent to an activating group) is 1.